The molecule has 6 nitrogen and oxygen atoms in total. The maximum atomic E-state index is 12.7. The van der Waals surface area contributed by atoms with Crippen molar-refractivity contribution in [1.82, 2.24) is 9.21 Å². The fourth-order valence-corrected chi connectivity index (χ4v) is 4.22. The molecule has 22 heavy (non-hydrogen) atoms. The van der Waals surface area contributed by atoms with Crippen molar-refractivity contribution >= 4 is 27.9 Å². The van der Waals surface area contributed by atoms with Crippen molar-refractivity contribution in [3.63, 3.8) is 0 Å². The van der Waals surface area contributed by atoms with Crippen LogP contribution in [0.4, 0.5) is 4.79 Å². The molecule has 1 aromatic carbocycles. The highest BCUT2D eigenvalue weighted by Gasteiger charge is 2.28. The van der Waals surface area contributed by atoms with Gasteiger partial charge in [0.2, 0.25) is 10.0 Å². The summed E-state index contributed by atoms with van der Waals surface area (Å²) in [6.07, 6.45) is 2.13. The summed E-state index contributed by atoms with van der Waals surface area (Å²) in [5.41, 5.74) is 0. The van der Waals surface area contributed by atoms with Crippen LogP contribution in [0.15, 0.2) is 34.1 Å². The van der Waals surface area contributed by atoms with Crippen LogP contribution < -0.4 is 0 Å². The SMILES string of the molecule is COC(=O)N1CCCN(S(=O)(=O)c2ccc(SC)cc2)CC1. The highest BCUT2D eigenvalue weighted by Crippen LogP contribution is 2.21. The zero-order chi connectivity index (χ0) is 16.2. The molecule has 1 saturated heterocycles. The predicted octanol–water partition coefficient (Wildman–Crippen LogP) is 1.87. The van der Waals surface area contributed by atoms with E-state index >= 15 is 0 Å². The van der Waals surface area contributed by atoms with Gasteiger partial charge in [-0.25, -0.2) is 13.2 Å². The van der Waals surface area contributed by atoms with Crippen molar-refractivity contribution in [1.29, 1.82) is 0 Å². The van der Waals surface area contributed by atoms with E-state index < -0.39 is 16.1 Å². The van der Waals surface area contributed by atoms with E-state index in [-0.39, 0.29) is 11.4 Å². The van der Waals surface area contributed by atoms with Crippen molar-refractivity contribution in [3.05, 3.63) is 24.3 Å². The van der Waals surface area contributed by atoms with Crippen molar-refractivity contribution in [2.75, 3.05) is 39.5 Å². The zero-order valence-corrected chi connectivity index (χ0v) is 14.3. The minimum absolute atomic E-state index is 0.279. The topological polar surface area (TPSA) is 66.9 Å². The molecule has 1 aliphatic rings. The number of nitrogens with zero attached hydrogens (tertiary/aromatic N) is 2. The summed E-state index contributed by atoms with van der Waals surface area (Å²) < 4.78 is 31.5. The van der Waals surface area contributed by atoms with Crippen LogP contribution in [0.1, 0.15) is 6.42 Å². The number of benzene rings is 1. The number of ether oxygens (including phenoxy) is 1. The van der Waals surface area contributed by atoms with Gasteiger partial charge >= 0.3 is 6.09 Å². The van der Waals surface area contributed by atoms with Gasteiger partial charge in [-0.1, -0.05) is 0 Å². The predicted molar refractivity (Wildman–Crippen MR) is 85.6 cm³/mol. The van der Waals surface area contributed by atoms with Gasteiger partial charge in [-0.05, 0) is 36.9 Å². The molecule has 0 N–H and O–H groups in total. The minimum Gasteiger partial charge on any atom is -0.453 e. The smallest absolute Gasteiger partial charge is 0.409 e. The maximum Gasteiger partial charge on any atom is 0.409 e. The second-order valence-electron chi connectivity index (χ2n) is 4.89. The summed E-state index contributed by atoms with van der Waals surface area (Å²) in [5.74, 6) is 0. The minimum atomic E-state index is -3.52. The molecule has 1 heterocycles. The molecule has 0 atom stereocenters. The molecule has 1 aliphatic heterocycles. The number of carbonyl (C=O) groups excluding carboxylic acids is 1. The summed E-state index contributed by atoms with van der Waals surface area (Å²) in [7, 11) is -2.19. The van der Waals surface area contributed by atoms with E-state index in [1.165, 1.54) is 16.3 Å². The number of sulfonamides is 1. The van der Waals surface area contributed by atoms with Gasteiger partial charge in [0, 0.05) is 31.1 Å². The molecule has 2 rings (SSSR count). The Morgan fingerprint density at radius 2 is 1.82 bits per heavy atom. The Hall–Kier alpha value is -1.25. The summed E-state index contributed by atoms with van der Waals surface area (Å²) in [5, 5.41) is 0. The Morgan fingerprint density at radius 3 is 2.41 bits per heavy atom. The quantitative estimate of drug-likeness (QED) is 0.783. The molecule has 0 aromatic heterocycles. The highest BCUT2D eigenvalue weighted by atomic mass is 32.2. The number of methoxy groups -OCH3 is 1. The van der Waals surface area contributed by atoms with Crippen molar-refractivity contribution in [2.24, 2.45) is 0 Å². The second kappa shape index (κ2) is 7.34. The Morgan fingerprint density at radius 1 is 1.14 bits per heavy atom. The van der Waals surface area contributed by atoms with Gasteiger partial charge in [-0.3, -0.25) is 0 Å². The number of hydrogen-bond acceptors (Lipinski definition) is 5. The molecule has 0 bridgehead atoms. The molecular weight excluding hydrogens is 324 g/mol. The number of carbonyl (C=O) groups is 1. The van der Waals surface area contributed by atoms with E-state index in [1.54, 1.807) is 36.0 Å². The maximum absolute atomic E-state index is 12.7. The molecule has 1 fully saturated rings. The van der Waals surface area contributed by atoms with E-state index in [4.69, 9.17) is 4.74 Å². The third-order valence-corrected chi connectivity index (χ3v) is 6.24. The van der Waals surface area contributed by atoms with Crippen LogP contribution in [0, 0.1) is 0 Å². The Balaban J connectivity index is 2.13. The molecule has 8 heteroatoms. The van der Waals surface area contributed by atoms with Gasteiger partial charge in [0.15, 0.2) is 0 Å². The molecule has 1 aromatic rings. The number of rotatable bonds is 3. The van der Waals surface area contributed by atoms with Crippen molar-refractivity contribution < 1.29 is 17.9 Å². The Labute approximate surface area is 135 Å². The molecule has 122 valence electrons. The van der Waals surface area contributed by atoms with E-state index in [1.807, 2.05) is 6.26 Å². The first-order chi connectivity index (χ1) is 10.5. The first-order valence-corrected chi connectivity index (χ1v) is 9.62. The number of hydrogen-bond donors (Lipinski definition) is 0. The third-order valence-electron chi connectivity index (χ3n) is 3.58. The van der Waals surface area contributed by atoms with Gasteiger partial charge in [-0.2, -0.15) is 4.31 Å². The van der Waals surface area contributed by atoms with Crippen LogP contribution in [-0.4, -0.2) is 63.3 Å². The molecule has 0 aliphatic carbocycles. The Kier molecular flexibility index (Phi) is 5.71. The fraction of sp³-hybridized carbons (Fsp3) is 0.500. The standard InChI is InChI=1S/C14H20N2O4S2/c1-20-14(17)15-8-3-9-16(11-10-15)22(18,19)13-6-4-12(21-2)5-7-13/h4-7H,3,8-11H2,1-2H3. The zero-order valence-electron chi connectivity index (χ0n) is 12.7. The van der Waals surface area contributed by atoms with Crippen LogP contribution in [0.2, 0.25) is 0 Å². The molecule has 0 saturated carbocycles. The normalized spacial score (nSPS) is 17.1. The lowest BCUT2D eigenvalue weighted by atomic mass is 10.4. The van der Waals surface area contributed by atoms with Gasteiger partial charge in [0.05, 0.1) is 12.0 Å². The van der Waals surface area contributed by atoms with Gasteiger partial charge in [-0.15, -0.1) is 11.8 Å². The first-order valence-electron chi connectivity index (χ1n) is 6.96. The Bertz CT molecular complexity index is 616. The van der Waals surface area contributed by atoms with E-state index in [0.29, 0.717) is 26.1 Å². The van der Waals surface area contributed by atoms with Crippen molar-refractivity contribution in [2.45, 2.75) is 16.2 Å². The molecule has 0 radical (unpaired) electrons. The van der Waals surface area contributed by atoms with Crippen LogP contribution in [0.5, 0.6) is 0 Å². The summed E-state index contributed by atoms with van der Waals surface area (Å²) in [4.78, 5) is 14.4. The van der Waals surface area contributed by atoms with Crippen LogP contribution >= 0.6 is 11.8 Å². The fourth-order valence-electron chi connectivity index (χ4n) is 2.34. The molecule has 0 spiro atoms. The lowest BCUT2D eigenvalue weighted by Gasteiger charge is -2.21. The molecular formula is C14H20N2O4S2. The summed E-state index contributed by atoms with van der Waals surface area (Å²) >= 11 is 1.57. The lowest BCUT2D eigenvalue weighted by Crippen LogP contribution is -2.37. The van der Waals surface area contributed by atoms with E-state index in [9.17, 15) is 13.2 Å². The first kappa shape index (κ1) is 17.1. The van der Waals surface area contributed by atoms with E-state index in [0.717, 1.165) is 4.90 Å². The van der Waals surface area contributed by atoms with Crippen LogP contribution in [0.3, 0.4) is 0 Å². The number of thioether (sulfide) groups is 1. The summed E-state index contributed by atoms with van der Waals surface area (Å²) in [6.45, 7) is 1.53. The highest BCUT2D eigenvalue weighted by molar-refractivity contribution is 7.98. The average Bonchev–Trinajstić information content (AvgIpc) is 2.80. The summed E-state index contributed by atoms with van der Waals surface area (Å²) in [6, 6.07) is 6.86. The van der Waals surface area contributed by atoms with Crippen molar-refractivity contribution in [3.8, 4) is 0 Å². The molecule has 1 amide bonds. The molecule has 0 unspecified atom stereocenters. The van der Waals surface area contributed by atoms with Crippen LogP contribution in [0.25, 0.3) is 0 Å². The van der Waals surface area contributed by atoms with Crippen LogP contribution in [-0.2, 0) is 14.8 Å². The van der Waals surface area contributed by atoms with Gasteiger partial charge in [0.25, 0.3) is 0 Å². The monoisotopic (exact) mass is 344 g/mol. The van der Waals surface area contributed by atoms with E-state index in [2.05, 4.69) is 0 Å². The van der Waals surface area contributed by atoms with Gasteiger partial charge in [0.1, 0.15) is 0 Å². The number of amides is 1. The lowest BCUT2D eigenvalue weighted by molar-refractivity contribution is 0.126. The average molecular weight is 344 g/mol. The van der Waals surface area contributed by atoms with Gasteiger partial charge < -0.3 is 9.64 Å². The second-order valence-corrected chi connectivity index (χ2v) is 7.71. The third kappa shape index (κ3) is 3.74. The largest absolute Gasteiger partial charge is 0.453 e.